The number of aromatic nitrogens is 2. The van der Waals surface area contributed by atoms with Crippen LogP contribution < -0.4 is 0 Å². The monoisotopic (exact) mass is 164 g/mol. The van der Waals surface area contributed by atoms with Gasteiger partial charge in [-0.25, -0.2) is 9.97 Å². The Morgan fingerprint density at radius 1 is 1.58 bits per heavy atom. The molecule has 0 aliphatic rings. The third kappa shape index (κ3) is 2.34. The molecule has 1 aromatic rings. The van der Waals surface area contributed by atoms with E-state index in [0.717, 1.165) is 11.3 Å². The van der Waals surface area contributed by atoms with Crippen LogP contribution in [0.25, 0.3) is 6.08 Å². The Kier molecular flexibility index (Phi) is 3.26. The van der Waals surface area contributed by atoms with Crippen molar-refractivity contribution < 1.29 is 4.74 Å². The van der Waals surface area contributed by atoms with Gasteiger partial charge < -0.3 is 4.74 Å². The van der Waals surface area contributed by atoms with Gasteiger partial charge in [0.05, 0.1) is 12.9 Å². The van der Waals surface area contributed by atoms with E-state index in [-0.39, 0.29) is 0 Å². The van der Waals surface area contributed by atoms with Crippen molar-refractivity contribution >= 4 is 6.08 Å². The summed E-state index contributed by atoms with van der Waals surface area (Å²) in [7, 11) is 0. The van der Waals surface area contributed by atoms with Crippen molar-refractivity contribution in [2.45, 2.75) is 13.8 Å². The first-order chi connectivity index (χ1) is 5.84. The van der Waals surface area contributed by atoms with Gasteiger partial charge in [0.25, 0.3) is 0 Å². The van der Waals surface area contributed by atoms with E-state index in [4.69, 9.17) is 4.74 Å². The number of rotatable bonds is 3. The Balaban J connectivity index is 2.68. The predicted molar refractivity (Wildman–Crippen MR) is 47.4 cm³/mol. The largest absolute Gasteiger partial charge is 0.501 e. The molecule has 12 heavy (non-hydrogen) atoms. The third-order valence-electron chi connectivity index (χ3n) is 1.46. The van der Waals surface area contributed by atoms with Crippen LogP contribution in [0.1, 0.15) is 18.2 Å². The van der Waals surface area contributed by atoms with E-state index in [1.165, 1.54) is 6.33 Å². The summed E-state index contributed by atoms with van der Waals surface area (Å²) in [5, 5.41) is 0. The topological polar surface area (TPSA) is 35.0 Å². The molecule has 0 fully saturated rings. The summed E-state index contributed by atoms with van der Waals surface area (Å²) in [6.45, 7) is 4.56. The van der Waals surface area contributed by atoms with Crippen molar-refractivity contribution in [3.8, 4) is 0 Å². The maximum Gasteiger partial charge on any atom is 0.115 e. The number of hydrogen-bond donors (Lipinski definition) is 0. The van der Waals surface area contributed by atoms with Crippen LogP contribution in [-0.4, -0.2) is 16.6 Å². The maximum atomic E-state index is 5.06. The number of aryl methyl sites for hydroxylation is 1. The van der Waals surface area contributed by atoms with E-state index in [9.17, 15) is 0 Å². The summed E-state index contributed by atoms with van der Waals surface area (Å²) in [6.07, 6.45) is 6.82. The normalized spacial score (nSPS) is 10.5. The van der Waals surface area contributed by atoms with Gasteiger partial charge in [-0.3, -0.25) is 0 Å². The van der Waals surface area contributed by atoms with E-state index in [2.05, 4.69) is 9.97 Å². The van der Waals surface area contributed by atoms with Crippen molar-refractivity contribution in [1.82, 2.24) is 9.97 Å². The average Bonchev–Trinajstić information content (AvgIpc) is 2.09. The molecule has 0 radical (unpaired) electrons. The highest BCUT2D eigenvalue weighted by Gasteiger charge is 1.92. The van der Waals surface area contributed by atoms with Crippen molar-refractivity contribution in [2.24, 2.45) is 0 Å². The van der Waals surface area contributed by atoms with Crippen LogP contribution in [0.4, 0.5) is 0 Å². The lowest BCUT2D eigenvalue weighted by atomic mass is 10.2. The van der Waals surface area contributed by atoms with Gasteiger partial charge in [-0.05, 0) is 19.9 Å². The molecule has 64 valence electrons. The van der Waals surface area contributed by atoms with Crippen LogP contribution in [0.5, 0.6) is 0 Å². The van der Waals surface area contributed by atoms with Crippen molar-refractivity contribution in [3.05, 3.63) is 30.0 Å². The number of hydrogen-bond acceptors (Lipinski definition) is 3. The summed E-state index contributed by atoms with van der Waals surface area (Å²) in [6, 6.07) is 0. The SMILES string of the molecule is CCO/C=C/c1cncnc1C. The van der Waals surface area contributed by atoms with Gasteiger partial charge in [-0.15, -0.1) is 0 Å². The van der Waals surface area contributed by atoms with Crippen LogP contribution in [0.2, 0.25) is 0 Å². The van der Waals surface area contributed by atoms with Gasteiger partial charge in [0.2, 0.25) is 0 Å². The lowest BCUT2D eigenvalue weighted by Gasteiger charge is -1.96. The van der Waals surface area contributed by atoms with Crippen LogP contribution in [0, 0.1) is 6.92 Å². The average molecular weight is 164 g/mol. The van der Waals surface area contributed by atoms with E-state index >= 15 is 0 Å². The first-order valence-corrected chi connectivity index (χ1v) is 3.89. The smallest absolute Gasteiger partial charge is 0.115 e. The summed E-state index contributed by atoms with van der Waals surface area (Å²) in [4.78, 5) is 7.95. The number of nitrogens with zero attached hydrogens (tertiary/aromatic N) is 2. The van der Waals surface area contributed by atoms with Gasteiger partial charge in [0.1, 0.15) is 6.33 Å². The number of ether oxygens (including phenoxy) is 1. The van der Waals surface area contributed by atoms with Crippen LogP contribution >= 0.6 is 0 Å². The summed E-state index contributed by atoms with van der Waals surface area (Å²) in [5.74, 6) is 0. The molecule has 0 aliphatic carbocycles. The highest BCUT2D eigenvalue weighted by molar-refractivity contribution is 5.48. The molecule has 0 aromatic carbocycles. The summed E-state index contributed by atoms with van der Waals surface area (Å²) in [5.41, 5.74) is 1.95. The Bertz CT molecular complexity index is 271. The minimum Gasteiger partial charge on any atom is -0.501 e. The maximum absolute atomic E-state index is 5.06. The zero-order valence-corrected chi connectivity index (χ0v) is 7.32. The van der Waals surface area contributed by atoms with Crippen LogP contribution in [0.15, 0.2) is 18.8 Å². The molecule has 0 atom stereocenters. The molecular formula is C9H12N2O. The fourth-order valence-corrected chi connectivity index (χ4v) is 0.783. The lowest BCUT2D eigenvalue weighted by molar-refractivity contribution is 0.272. The van der Waals surface area contributed by atoms with Crippen LogP contribution in [0.3, 0.4) is 0 Å². The highest BCUT2D eigenvalue weighted by atomic mass is 16.5. The molecule has 0 aliphatic heterocycles. The molecule has 0 spiro atoms. The molecule has 0 N–H and O–H groups in total. The molecule has 1 aromatic heterocycles. The summed E-state index contributed by atoms with van der Waals surface area (Å²) >= 11 is 0. The van der Waals surface area contributed by atoms with E-state index < -0.39 is 0 Å². The molecule has 0 amide bonds. The first kappa shape index (κ1) is 8.71. The molecule has 0 saturated carbocycles. The second-order valence-electron chi connectivity index (χ2n) is 2.32. The molecule has 0 saturated heterocycles. The Morgan fingerprint density at radius 3 is 3.08 bits per heavy atom. The van der Waals surface area contributed by atoms with E-state index in [1.54, 1.807) is 12.5 Å². The minimum atomic E-state index is 0.684. The summed E-state index contributed by atoms with van der Waals surface area (Å²) < 4.78 is 5.06. The second-order valence-corrected chi connectivity index (χ2v) is 2.32. The molecule has 1 heterocycles. The van der Waals surface area contributed by atoms with Crippen molar-refractivity contribution in [2.75, 3.05) is 6.61 Å². The van der Waals surface area contributed by atoms with Gasteiger partial charge in [0, 0.05) is 17.5 Å². The van der Waals surface area contributed by atoms with E-state index in [0.29, 0.717) is 6.61 Å². The zero-order valence-electron chi connectivity index (χ0n) is 7.32. The van der Waals surface area contributed by atoms with Gasteiger partial charge in [-0.2, -0.15) is 0 Å². The predicted octanol–water partition coefficient (Wildman–Crippen LogP) is 1.79. The fourth-order valence-electron chi connectivity index (χ4n) is 0.783. The van der Waals surface area contributed by atoms with Crippen molar-refractivity contribution in [3.63, 3.8) is 0 Å². The molecule has 3 nitrogen and oxygen atoms in total. The van der Waals surface area contributed by atoms with Gasteiger partial charge in [-0.1, -0.05) is 0 Å². The van der Waals surface area contributed by atoms with Gasteiger partial charge >= 0.3 is 0 Å². The first-order valence-electron chi connectivity index (χ1n) is 3.89. The third-order valence-corrected chi connectivity index (χ3v) is 1.46. The molecule has 0 bridgehead atoms. The Morgan fingerprint density at radius 2 is 2.42 bits per heavy atom. The Hall–Kier alpha value is -1.38. The standard InChI is InChI=1S/C9H12N2O/c1-3-12-5-4-9-6-10-7-11-8(9)2/h4-7H,3H2,1-2H3/b5-4+. The second kappa shape index (κ2) is 4.49. The zero-order chi connectivity index (χ0) is 8.81. The van der Waals surface area contributed by atoms with E-state index in [1.807, 2.05) is 19.9 Å². The Labute approximate surface area is 72.1 Å². The quantitative estimate of drug-likeness (QED) is 0.639. The highest BCUT2D eigenvalue weighted by Crippen LogP contribution is 2.03. The molecule has 1 rings (SSSR count). The lowest BCUT2D eigenvalue weighted by Crippen LogP contribution is -1.87. The van der Waals surface area contributed by atoms with Gasteiger partial charge in [0.15, 0.2) is 0 Å². The molecule has 3 heteroatoms. The molecule has 0 unspecified atom stereocenters. The molecular weight excluding hydrogens is 152 g/mol. The fraction of sp³-hybridized carbons (Fsp3) is 0.333. The van der Waals surface area contributed by atoms with Crippen molar-refractivity contribution in [1.29, 1.82) is 0 Å². The minimum absolute atomic E-state index is 0.684. The van der Waals surface area contributed by atoms with Crippen LogP contribution in [-0.2, 0) is 4.74 Å².